The highest BCUT2D eigenvalue weighted by molar-refractivity contribution is 5.93. The van der Waals surface area contributed by atoms with Gasteiger partial charge in [-0.15, -0.1) is 0 Å². The Morgan fingerprint density at radius 3 is 3.08 bits per heavy atom. The van der Waals surface area contributed by atoms with Gasteiger partial charge in [-0.05, 0) is 18.2 Å². The van der Waals surface area contributed by atoms with Gasteiger partial charge in [-0.2, -0.15) is 5.10 Å². The summed E-state index contributed by atoms with van der Waals surface area (Å²) in [7, 11) is 0. The van der Waals surface area contributed by atoms with Crippen molar-refractivity contribution in [3.63, 3.8) is 0 Å². The molecule has 0 saturated heterocycles. The van der Waals surface area contributed by atoms with Gasteiger partial charge in [-0.25, -0.2) is 10.4 Å². The van der Waals surface area contributed by atoms with E-state index in [1.165, 1.54) is 0 Å². The molecule has 0 radical (unpaired) electrons. The molecule has 2 aromatic rings. The van der Waals surface area contributed by atoms with Gasteiger partial charge in [-0.3, -0.25) is 10.2 Å². The van der Waals surface area contributed by atoms with Crippen LogP contribution in [0.25, 0.3) is 5.52 Å². The fourth-order valence-electron chi connectivity index (χ4n) is 1.12. The number of carbonyl (C=O) groups excluding carboxylic acids is 1. The predicted molar refractivity (Wildman–Crippen MR) is 46.8 cm³/mol. The summed E-state index contributed by atoms with van der Waals surface area (Å²) in [5, 5.41) is 4.01. The number of hydrazine groups is 1. The highest BCUT2D eigenvalue weighted by Gasteiger charge is 2.07. The Bertz CT molecular complexity index is 415. The molecule has 2 heterocycles. The lowest BCUT2D eigenvalue weighted by atomic mass is 10.3. The summed E-state index contributed by atoms with van der Waals surface area (Å²) in [4.78, 5) is 11.1. The van der Waals surface area contributed by atoms with E-state index in [9.17, 15) is 4.79 Å². The number of nitrogens with two attached hydrogens (primary N) is 1. The second-order valence-electron chi connectivity index (χ2n) is 2.57. The number of amides is 1. The van der Waals surface area contributed by atoms with Crippen LogP contribution in [0.2, 0.25) is 0 Å². The van der Waals surface area contributed by atoms with E-state index in [1.54, 1.807) is 16.8 Å². The lowest BCUT2D eigenvalue weighted by molar-refractivity contribution is 0.0948. The zero-order valence-electron chi connectivity index (χ0n) is 6.77. The molecule has 0 bridgehead atoms. The maximum Gasteiger partial charge on any atom is 0.285 e. The Kier molecular flexibility index (Phi) is 1.71. The van der Waals surface area contributed by atoms with E-state index in [4.69, 9.17) is 5.84 Å². The van der Waals surface area contributed by atoms with Crippen molar-refractivity contribution in [3.8, 4) is 0 Å². The van der Waals surface area contributed by atoms with Crippen molar-refractivity contribution in [2.45, 2.75) is 0 Å². The normalized spacial score (nSPS) is 10.2. The summed E-state index contributed by atoms with van der Waals surface area (Å²) in [5.41, 5.74) is 3.20. The minimum absolute atomic E-state index is 0.314. The van der Waals surface area contributed by atoms with E-state index in [1.807, 2.05) is 23.6 Å². The van der Waals surface area contributed by atoms with Crippen LogP contribution in [0, 0.1) is 0 Å². The molecule has 2 aromatic heterocycles. The number of pyridine rings is 1. The SMILES string of the molecule is NNC(=O)c1cc2ccccn2n1. The summed E-state index contributed by atoms with van der Waals surface area (Å²) in [6.45, 7) is 0. The number of nitrogens with zero attached hydrogens (tertiary/aromatic N) is 2. The fourth-order valence-corrected chi connectivity index (χ4v) is 1.12. The lowest BCUT2D eigenvalue weighted by Crippen LogP contribution is -2.30. The second kappa shape index (κ2) is 2.87. The number of nitrogens with one attached hydrogen (secondary N) is 1. The Morgan fingerprint density at radius 2 is 2.38 bits per heavy atom. The van der Waals surface area contributed by atoms with Crippen molar-refractivity contribution >= 4 is 11.4 Å². The van der Waals surface area contributed by atoms with E-state index in [2.05, 4.69) is 5.10 Å². The average molecular weight is 176 g/mol. The summed E-state index contributed by atoms with van der Waals surface area (Å²) in [5.74, 6) is 4.59. The van der Waals surface area contributed by atoms with E-state index in [-0.39, 0.29) is 5.91 Å². The third-order valence-corrected chi connectivity index (χ3v) is 1.73. The molecule has 0 unspecified atom stereocenters. The minimum atomic E-state index is -0.385. The first-order chi connectivity index (χ1) is 6.31. The maximum absolute atomic E-state index is 11.1. The second-order valence-corrected chi connectivity index (χ2v) is 2.57. The number of rotatable bonds is 1. The molecule has 0 saturated carbocycles. The van der Waals surface area contributed by atoms with E-state index in [0.29, 0.717) is 5.69 Å². The number of hydrogen-bond acceptors (Lipinski definition) is 3. The largest absolute Gasteiger partial charge is 0.289 e. The van der Waals surface area contributed by atoms with Crippen LogP contribution in [0.3, 0.4) is 0 Å². The van der Waals surface area contributed by atoms with Crippen LogP contribution in [0.4, 0.5) is 0 Å². The molecule has 13 heavy (non-hydrogen) atoms. The molecule has 0 aliphatic rings. The van der Waals surface area contributed by atoms with Crippen molar-refractivity contribution in [3.05, 3.63) is 36.2 Å². The first-order valence-corrected chi connectivity index (χ1v) is 3.76. The molecule has 3 N–H and O–H groups in total. The van der Waals surface area contributed by atoms with Gasteiger partial charge in [0.2, 0.25) is 0 Å². The van der Waals surface area contributed by atoms with Gasteiger partial charge in [0.05, 0.1) is 5.52 Å². The molecule has 0 atom stereocenters. The summed E-state index contributed by atoms with van der Waals surface area (Å²) in [6.07, 6.45) is 1.77. The van der Waals surface area contributed by atoms with E-state index < -0.39 is 0 Å². The van der Waals surface area contributed by atoms with Gasteiger partial charge in [0, 0.05) is 6.20 Å². The molecule has 0 spiro atoms. The molecular formula is C8H8N4O. The topological polar surface area (TPSA) is 72.4 Å². The van der Waals surface area contributed by atoms with Gasteiger partial charge in [-0.1, -0.05) is 6.07 Å². The van der Waals surface area contributed by atoms with Crippen LogP contribution < -0.4 is 11.3 Å². The molecule has 0 aliphatic heterocycles. The van der Waals surface area contributed by atoms with Crippen molar-refractivity contribution in [1.29, 1.82) is 0 Å². The van der Waals surface area contributed by atoms with E-state index >= 15 is 0 Å². The van der Waals surface area contributed by atoms with Gasteiger partial charge >= 0.3 is 0 Å². The monoisotopic (exact) mass is 176 g/mol. The first kappa shape index (κ1) is 7.75. The predicted octanol–water partition coefficient (Wildman–Crippen LogP) is -0.0622. The number of fused-ring (bicyclic) bond motifs is 1. The fraction of sp³-hybridized carbons (Fsp3) is 0. The van der Waals surface area contributed by atoms with Crippen LogP contribution in [-0.2, 0) is 0 Å². The average Bonchev–Trinajstić information content (AvgIpc) is 2.59. The van der Waals surface area contributed by atoms with Crippen molar-refractivity contribution in [2.24, 2.45) is 5.84 Å². The molecule has 0 aliphatic carbocycles. The smallest absolute Gasteiger partial charge is 0.285 e. The lowest BCUT2D eigenvalue weighted by Gasteiger charge is -1.90. The van der Waals surface area contributed by atoms with Crippen LogP contribution >= 0.6 is 0 Å². The number of aromatic nitrogens is 2. The molecule has 0 fully saturated rings. The highest BCUT2D eigenvalue weighted by atomic mass is 16.2. The van der Waals surface area contributed by atoms with Crippen molar-refractivity contribution < 1.29 is 4.79 Å². The molecule has 5 heteroatoms. The highest BCUT2D eigenvalue weighted by Crippen LogP contribution is 2.04. The van der Waals surface area contributed by atoms with Crippen molar-refractivity contribution in [2.75, 3.05) is 0 Å². The molecule has 0 aromatic carbocycles. The zero-order chi connectivity index (χ0) is 9.26. The molecule has 5 nitrogen and oxygen atoms in total. The molecular weight excluding hydrogens is 168 g/mol. The number of carbonyl (C=O) groups is 1. The molecule has 1 amide bonds. The minimum Gasteiger partial charge on any atom is -0.289 e. The van der Waals surface area contributed by atoms with Crippen molar-refractivity contribution in [1.82, 2.24) is 15.0 Å². The van der Waals surface area contributed by atoms with Gasteiger partial charge in [0.25, 0.3) is 5.91 Å². The quantitative estimate of drug-likeness (QED) is 0.363. The summed E-state index contributed by atoms with van der Waals surface area (Å²) < 4.78 is 1.62. The number of nitrogen functional groups attached to an aromatic ring is 1. The van der Waals surface area contributed by atoms with E-state index in [0.717, 1.165) is 5.52 Å². The molecule has 2 rings (SSSR count). The van der Waals surface area contributed by atoms with Crippen LogP contribution in [0.15, 0.2) is 30.5 Å². The van der Waals surface area contributed by atoms with Gasteiger partial charge in [0.1, 0.15) is 0 Å². The van der Waals surface area contributed by atoms with Crippen LogP contribution in [0.1, 0.15) is 10.5 Å². The first-order valence-electron chi connectivity index (χ1n) is 3.76. The van der Waals surface area contributed by atoms with Gasteiger partial charge < -0.3 is 0 Å². The number of hydrogen-bond donors (Lipinski definition) is 2. The van der Waals surface area contributed by atoms with Gasteiger partial charge in [0.15, 0.2) is 5.69 Å². The van der Waals surface area contributed by atoms with Crippen LogP contribution in [0.5, 0.6) is 0 Å². The Labute approximate surface area is 74.1 Å². The molecule has 66 valence electrons. The summed E-state index contributed by atoms with van der Waals surface area (Å²) in [6, 6.07) is 7.24. The Hall–Kier alpha value is -1.88. The summed E-state index contributed by atoms with van der Waals surface area (Å²) >= 11 is 0. The third-order valence-electron chi connectivity index (χ3n) is 1.73. The standard InChI is InChI=1S/C8H8N4O/c9-10-8(13)7-5-6-3-1-2-4-12(6)11-7/h1-5H,9H2,(H,10,13). The van der Waals surface area contributed by atoms with Crippen LogP contribution in [-0.4, -0.2) is 15.5 Å². The zero-order valence-corrected chi connectivity index (χ0v) is 6.77. The third kappa shape index (κ3) is 1.25. The Balaban J connectivity index is 2.56. The maximum atomic E-state index is 11.1. The Morgan fingerprint density at radius 1 is 1.54 bits per heavy atom.